The van der Waals surface area contributed by atoms with Crippen LogP contribution in [-0.4, -0.2) is 17.2 Å². The number of benzene rings is 2. The molecule has 0 aromatic heterocycles. The lowest BCUT2D eigenvalue weighted by atomic mass is 10.1. The molecule has 4 nitrogen and oxygen atoms in total. The van der Waals surface area contributed by atoms with Crippen LogP contribution in [-0.2, 0) is 11.2 Å². The molecule has 2 N–H and O–H groups in total. The molecule has 6 heteroatoms. The van der Waals surface area contributed by atoms with Crippen molar-refractivity contribution >= 4 is 28.1 Å². The van der Waals surface area contributed by atoms with Gasteiger partial charge in [0.15, 0.2) is 0 Å². The molecule has 0 heterocycles. The summed E-state index contributed by atoms with van der Waals surface area (Å²) >= 11 is 3.19. The van der Waals surface area contributed by atoms with E-state index in [2.05, 4.69) is 26.5 Å². The highest BCUT2D eigenvalue weighted by atomic mass is 79.9. The molecular weight excluding hydrogens is 339 g/mol. The van der Waals surface area contributed by atoms with Gasteiger partial charge in [0, 0.05) is 0 Å². The van der Waals surface area contributed by atoms with Crippen LogP contribution in [0.25, 0.3) is 0 Å². The number of aromatic hydroxyl groups is 1. The average molecular weight is 351 g/mol. The molecule has 0 saturated heterocycles. The van der Waals surface area contributed by atoms with Crippen LogP contribution < -0.4 is 5.43 Å². The Morgan fingerprint density at radius 2 is 2.00 bits per heavy atom. The Labute approximate surface area is 129 Å². The van der Waals surface area contributed by atoms with Crippen molar-refractivity contribution < 1.29 is 14.3 Å². The molecule has 108 valence electrons. The fourth-order valence-electron chi connectivity index (χ4n) is 1.61. The van der Waals surface area contributed by atoms with Crippen molar-refractivity contribution in [3.05, 3.63) is 63.9 Å². The maximum atomic E-state index is 12.7. The van der Waals surface area contributed by atoms with Gasteiger partial charge in [-0.3, -0.25) is 4.79 Å². The van der Waals surface area contributed by atoms with Crippen molar-refractivity contribution in [2.24, 2.45) is 5.10 Å². The van der Waals surface area contributed by atoms with Gasteiger partial charge in [0.25, 0.3) is 0 Å². The summed E-state index contributed by atoms with van der Waals surface area (Å²) in [6.07, 6.45) is 1.59. The van der Waals surface area contributed by atoms with Crippen LogP contribution in [0.1, 0.15) is 11.1 Å². The van der Waals surface area contributed by atoms with E-state index in [4.69, 9.17) is 0 Å². The number of nitrogens with one attached hydrogen (secondary N) is 1. The third-order valence-corrected chi connectivity index (χ3v) is 3.29. The third kappa shape index (κ3) is 4.68. The number of halogens is 2. The summed E-state index contributed by atoms with van der Waals surface area (Å²) in [6, 6.07) is 10.6. The molecular formula is C15H12BrFN2O2. The van der Waals surface area contributed by atoms with Crippen LogP contribution in [0, 0.1) is 5.82 Å². The molecule has 0 saturated carbocycles. The summed E-state index contributed by atoms with van der Waals surface area (Å²) in [5, 5.41) is 13.2. The second-order valence-electron chi connectivity index (χ2n) is 4.31. The summed E-state index contributed by atoms with van der Waals surface area (Å²) in [7, 11) is 0. The van der Waals surface area contributed by atoms with Gasteiger partial charge in [0.05, 0.1) is 17.1 Å². The molecule has 0 atom stereocenters. The normalized spacial score (nSPS) is 10.8. The van der Waals surface area contributed by atoms with Crippen molar-refractivity contribution in [1.82, 2.24) is 5.43 Å². The summed E-state index contributed by atoms with van der Waals surface area (Å²) < 4.78 is 13.3. The lowest BCUT2D eigenvalue weighted by Crippen LogP contribution is -2.19. The first-order valence-electron chi connectivity index (χ1n) is 6.09. The van der Waals surface area contributed by atoms with E-state index >= 15 is 0 Å². The molecule has 0 aliphatic rings. The molecule has 0 spiro atoms. The van der Waals surface area contributed by atoms with Gasteiger partial charge in [-0.2, -0.15) is 5.10 Å². The van der Waals surface area contributed by atoms with Gasteiger partial charge in [0.2, 0.25) is 5.91 Å². The van der Waals surface area contributed by atoms with E-state index in [-0.39, 0.29) is 23.9 Å². The van der Waals surface area contributed by atoms with E-state index in [1.807, 2.05) is 0 Å². The molecule has 0 radical (unpaired) electrons. The number of nitrogens with zero attached hydrogens (tertiary/aromatic N) is 1. The summed E-state index contributed by atoms with van der Waals surface area (Å²) in [4.78, 5) is 11.6. The van der Waals surface area contributed by atoms with Gasteiger partial charge in [-0.25, -0.2) is 9.82 Å². The first-order chi connectivity index (χ1) is 10.0. The Morgan fingerprint density at radius 1 is 1.29 bits per heavy atom. The lowest BCUT2D eigenvalue weighted by molar-refractivity contribution is -0.120. The average Bonchev–Trinajstić information content (AvgIpc) is 2.45. The quantitative estimate of drug-likeness (QED) is 0.657. The highest BCUT2D eigenvalue weighted by Gasteiger charge is 2.02. The minimum Gasteiger partial charge on any atom is -0.507 e. The fourth-order valence-corrected chi connectivity index (χ4v) is 2.01. The Kier molecular flexibility index (Phi) is 5.05. The predicted molar refractivity (Wildman–Crippen MR) is 81.6 cm³/mol. The van der Waals surface area contributed by atoms with Crippen LogP contribution in [0.2, 0.25) is 0 Å². The zero-order valence-electron chi connectivity index (χ0n) is 10.9. The van der Waals surface area contributed by atoms with Crippen LogP contribution >= 0.6 is 15.9 Å². The Morgan fingerprint density at radius 3 is 2.67 bits per heavy atom. The second-order valence-corrected chi connectivity index (χ2v) is 5.16. The van der Waals surface area contributed by atoms with Crippen molar-refractivity contribution in [2.45, 2.75) is 6.42 Å². The first-order valence-corrected chi connectivity index (χ1v) is 6.89. The van der Waals surface area contributed by atoms with Crippen LogP contribution in [0.15, 0.2) is 52.0 Å². The van der Waals surface area contributed by atoms with E-state index in [1.54, 1.807) is 24.3 Å². The van der Waals surface area contributed by atoms with Gasteiger partial charge in [-0.15, -0.1) is 0 Å². The number of hydrazone groups is 1. The van der Waals surface area contributed by atoms with Crippen LogP contribution in [0.4, 0.5) is 4.39 Å². The standard InChI is InChI=1S/C15H12BrFN2O2/c16-13-7-11(3-6-14(13)20)9-18-19-15(21)8-10-1-4-12(17)5-2-10/h1-7,9,20H,8H2,(H,19,21)/b18-9+. The van der Waals surface area contributed by atoms with E-state index < -0.39 is 0 Å². The number of hydrogen-bond donors (Lipinski definition) is 2. The van der Waals surface area contributed by atoms with Gasteiger partial charge in [0.1, 0.15) is 11.6 Å². The topological polar surface area (TPSA) is 61.7 Å². The number of amides is 1. The maximum Gasteiger partial charge on any atom is 0.244 e. The zero-order chi connectivity index (χ0) is 15.2. The highest BCUT2D eigenvalue weighted by molar-refractivity contribution is 9.10. The molecule has 2 aromatic rings. The fraction of sp³-hybridized carbons (Fsp3) is 0.0667. The molecule has 0 bridgehead atoms. The Bertz CT molecular complexity index is 672. The van der Waals surface area contributed by atoms with E-state index in [9.17, 15) is 14.3 Å². The largest absolute Gasteiger partial charge is 0.507 e. The Balaban J connectivity index is 1.89. The molecule has 2 aromatic carbocycles. The lowest BCUT2D eigenvalue weighted by Gasteiger charge is -2.01. The van der Waals surface area contributed by atoms with Crippen molar-refractivity contribution in [3.8, 4) is 5.75 Å². The van der Waals surface area contributed by atoms with Crippen molar-refractivity contribution in [1.29, 1.82) is 0 Å². The van der Waals surface area contributed by atoms with Gasteiger partial charge < -0.3 is 5.11 Å². The van der Waals surface area contributed by atoms with Crippen LogP contribution in [0.3, 0.4) is 0 Å². The van der Waals surface area contributed by atoms with Gasteiger partial charge in [-0.05, 0) is 57.4 Å². The van der Waals surface area contributed by atoms with Gasteiger partial charge in [-0.1, -0.05) is 12.1 Å². The number of carbonyl (C=O) groups excluding carboxylic acids is 1. The molecule has 21 heavy (non-hydrogen) atoms. The minimum atomic E-state index is -0.338. The number of rotatable bonds is 4. The molecule has 0 aliphatic carbocycles. The number of hydrogen-bond acceptors (Lipinski definition) is 3. The zero-order valence-corrected chi connectivity index (χ0v) is 12.5. The summed E-state index contributed by atoms with van der Waals surface area (Å²) in [5.41, 5.74) is 3.82. The Hall–Kier alpha value is -2.21. The first kappa shape index (κ1) is 15.2. The number of carbonyl (C=O) groups is 1. The molecule has 1 amide bonds. The minimum absolute atomic E-state index is 0.122. The smallest absolute Gasteiger partial charge is 0.244 e. The van der Waals surface area contributed by atoms with E-state index in [1.165, 1.54) is 24.4 Å². The molecule has 0 fully saturated rings. The third-order valence-electron chi connectivity index (χ3n) is 2.65. The van der Waals surface area contributed by atoms with Crippen molar-refractivity contribution in [3.63, 3.8) is 0 Å². The summed E-state index contributed by atoms with van der Waals surface area (Å²) in [5.74, 6) is -0.502. The molecule has 0 unspecified atom stereocenters. The van der Waals surface area contributed by atoms with E-state index in [0.717, 1.165) is 5.56 Å². The number of phenols is 1. The maximum absolute atomic E-state index is 12.7. The summed E-state index contributed by atoms with van der Waals surface area (Å²) in [6.45, 7) is 0. The SMILES string of the molecule is O=C(Cc1ccc(F)cc1)N/N=C/c1ccc(O)c(Br)c1. The van der Waals surface area contributed by atoms with Gasteiger partial charge >= 0.3 is 0 Å². The highest BCUT2D eigenvalue weighted by Crippen LogP contribution is 2.23. The molecule has 0 aliphatic heterocycles. The van der Waals surface area contributed by atoms with Crippen molar-refractivity contribution in [2.75, 3.05) is 0 Å². The number of phenolic OH excluding ortho intramolecular Hbond substituents is 1. The van der Waals surface area contributed by atoms with E-state index in [0.29, 0.717) is 10.0 Å². The monoisotopic (exact) mass is 350 g/mol. The van der Waals surface area contributed by atoms with Crippen LogP contribution in [0.5, 0.6) is 5.75 Å². The molecule has 2 rings (SSSR count). The predicted octanol–water partition coefficient (Wildman–Crippen LogP) is 2.99. The second kappa shape index (κ2) is 6.99.